The topological polar surface area (TPSA) is 123 Å². The zero-order valence-corrected chi connectivity index (χ0v) is 17.1. The van der Waals surface area contributed by atoms with Crippen LogP contribution in [0.15, 0.2) is 36.4 Å². The lowest BCUT2D eigenvalue weighted by Crippen LogP contribution is -2.20. The monoisotopic (exact) mass is 436 g/mol. The molecule has 0 saturated carbocycles. The molecule has 8 nitrogen and oxygen atoms in total. The molecule has 1 unspecified atom stereocenters. The Balaban J connectivity index is 2.14. The molecular formula is C17H14N3O5S3-. The number of hydrogen-bond donors (Lipinski definition) is 2. The Labute approximate surface area is 170 Å². The van der Waals surface area contributed by atoms with E-state index in [0.717, 1.165) is 32.5 Å². The van der Waals surface area contributed by atoms with Crippen LogP contribution in [0.2, 0.25) is 0 Å². The highest BCUT2D eigenvalue weighted by Gasteiger charge is 2.26. The van der Waals surface area contributed by atoms with E-state index in [1.165, 1.54) is 13.0 Å². The van der Waals surface area contributed by atoms with Gasteiger partial charge in [-0.15, -0.1) is 11.3 Å². The van der Waals surface area contributed by atoms with Gasteiger partial charge in [0.1, 0.15) is 9.88 Å². The number of thiophene rings is 1. The van der Waals surface area contributed by atoms with Gasteiger partial charge in [0.2, 0.25) is 5.91 Å². The van der Waals surface area contributed by atoms with Crippen LogP contribution in [0.3, 0.4) is 0 Å². The number of thiazole rings is 1. The number of carboxylic acid groups (broad SMARTS) is 1. The van der Waals surface area contributed by atoms with Crippen LogP contribution in [-0.4, -0.2) is 30.7 Å². The van der Waals surface area contributed by atoms with E-state index in [1.807, 2.05) is 30.3 Å². The van der Waals surface area contributed by atoms with E-state index in [4.69, 9.17) is 0 Å². The van der Waals surface area contributed by atoms with Crippen molar-refractivity contribution in [3.63, 3.8) is 0 Å². The number of carbonyl (C=O) groups excluding carboxylic acids is 1. The van der Waals surface area contributed by atoms with Crippen LogP contribution in [-0.2, 0) is 16.1 Å². The van der Waals surface area contributed by atoms with E-state index in [0.29, 0.717) is 10.6 Å². The van der Waals surface area contributed by atoms with Crippen molar-refractivity contribution in [1.29, 1.82) is 0 Å². The summed E-state index contributed by atoms with van der Waals surface area (Å²) in [6, 6.07) is 10.6. The quantitative estimate of drug-likeness (QED) is 0.567. The van der Waals surface area contributed by atoms with Gasteiger partial charge in [0.15, 0.2) is 5.13 Å². The fraction of sp³-hybridized carbons (Fsp3) is 0.118. The fourth-order valence-corrected chi connectivity index (χ4v) is 5.31. The first-order valence-electron chi connectivity index (χ1n) is 7.85. The van der Waals surface area contributed by atoms with Gasteiger partial charge < -0.3 is 15.0 Å². The third-order valence-corrected chi connectivity index (χ3v) is 6.58. The molecule has 3 rings (SSSR count). The summed E-state index contributed by atoms with van der Waals surface area (Å²) in [6.45, 7) is 2.90. The van der Waals surface area contributed by atoms with Crippen LogP contribution < -0.4 is 9.62 Å². The Kier molecular flexibility index (Phi) is 5.89. The predicted molar refractivity (Wildman–Crippen MR) is 109 cm³/mol. The minimum Gasteiger partial charge on any atom is -0.755 e. The lowest BCUT2D eigenvalue weighted by Gasteiger charge is -2.24. The number of hydrogen-bond acceptors (Lipinski definition) is 7. The molecule has 0 bridgehead atoms. The zero-order chi connectivity index (χ0) is 20.4. The number of nitrogens with zero attached hydrogens (tertiary/aromatic N) is 2. The van der Waals surface area contributed by atoms with Crippen LogP contribution in [0.25, 0.3) is 10.4 Å². The summed E-state index contributed by atoms with van der Waals surface area (Å²) in [5.41, 5.74) is 1.14. The maximum absolute atomic E-state index is 12.0. The number of amides is 1. The van der Waals surface area contributed by atoms with Crippen LogP contribution in [0.1, 0.15) is 22.3 Å². The predicted octanol–water partition coefficient (Wildman–Crippen LogP) is 3.77. The highest BCUT2D eigenvalue weighted by atomic mass is 32.2. The number of anilines is 3. The smallest absolute Gasteiger partial charge is 0.348 e. The number of aromatic carboxylic acids is 1. The van der Waals surface area contributed by atoms with Gasteiger partial charge in [-0.3, -0.25) is 13.3 Å². The largest absolute Gasteiger partial charge is 0.755 e. The van der Waals surface area contributed by atoms with Crippen molar-refractivity contribution in [2.45, 2.75) is 13.8 Å². The second-order valence-electron chi connectivity index (χ2n) is 5.60. The maximum atomic E-state index is 12.0. The van der Waals surface area contributed by atoms with Gasteiger partial charge >= 0.3 is 5.97 Å². The van der Waals surface area contributed by atoms with Gasteiger partial charge in [0.25, 0.3) is 0 Å². The number of aromatic nitrogens is 1. The van der Waals surface area contributed by atoms with E-state index in [-0.39, 0.29) is 26.6 Å². The van der Waals surface area contributed by atoms with E-state index in [2.05, 4.69) is 10.3 Å². The second-order valence-corrected chi connectivity index (χ2v) is 8.43. The molecule has 3 aromatic rings. The lowest BCUT2D eigenvalue weighted by atomic mass is 10.2. The molecule has 2 aromatic heterocycles. The lowest BCUT2D eigenvalue weighted by molar-refractivity contribution is -0.114. The number of carboxylic acids is 1. The second kappa shape index (κ2) is 8.19. The van der Waals surface area contributed by atoms with Gasteiger partial charge in [-0.05, 0) is 18.6 Å². The molecule has 28 heavy (non-hydrogen) atoms. The number of rotatable bonds is 6. The summed E-state index contributed by atoms with van der Waals surface area (Å²) in [7, 11) is 0. The Hall–Kier alpha value is -2.60. The molecular weight excluding hydrogens is 422 g/mol. The Morgan fingerprint density at radius 1 is 1.25 bits per heavy atom. The van der Waals surface area contributed by atoms with Crippen molar-refractivity contribution in [2.75, 3.05) is 9.62 Å². The first-order valence-corrected chi connectivity index (χ1v) is 10.5. The molecule has 0 aliphatic carbocycles. The molecule has 0 radical (unpaired) electrons. The zero-order valence-electron chi connectivity index (χ0n) is 14.7. The maximum Gasteiger partial charge on any atom is 0.348 e. The first-order chi connectivity index (χ1) is 13.3. The van der Waals surface area contributed by atoms with Crippen molar-refractivity contribution in [2.24, 2.45) is 0 Å². The average molecular weight is 437 g/mol. The van der Waals surface area contributed by atoms with Gasteiger partial charge in [-0.1, -0.05) is 41.7 Å². The summed E-state index contributed by atoms with van der Waals surface area (Å²) in [4.78, 5) is 27.7. The molecule has 1 aromatic carbocycles. The van der Waals surface area contributed by atoms with E-state index >= 15 is 0 Å². The van der Waals surface area contributed by atoms with Gasteiger partial charge in [0.05, 0.1) is 22.6 Å². The van der Waals surface area contributed by atoms with Crippen LogP contribution >= 0.6 is 22.7 Å². The molecule has 1 amide bonds. The van der Waals surface area contributed by atoms with Crippen LogP contribution in [0, 0.1) is 6.92 Å². The Bertz CT molecular complexity index is 1060. The molecule has 2 heterocycles. The number of carbonyl (C=O) groups is 2. The van der Waals surface area contributed by atoms with Gasteiger partial charge in [-0.2, -0.15) is 0 Å². The number of benzene rings is 1. The standard InChI is InChI=1S/C17H15N3O5S3/c1-9-15(27-17(18-9)19-10(2)21)20(28(24)25)12-8-13(26-14(12)16(22)23)11-6-4-3-5-7-11/h3-8H,1-2H3,(H,22,23)(H,24,25)(H,18,19,21)/p-1. The number of aryl methyl sites for hydroxylation is 1. The summed E-state index contributed by atoms with van der Waals surface area (Å²) in [5.74, 6) is -1.58. The fourth-order valence-electron chi connectivity index (χ4n) is 2.47. The average Bonchev–Trinajstić information content (AvgIpc) is 3.20. The molecule has 2 N–H and O–H groups in total. The SMILES string of the molecule is CC(=O)Nc1nc(C)c(N(c2cc(-c3ccccc3)sc2C(=O)O)S(=O)[O-])s1. The van der Waals surface area contributed by atoms with Crippen molar-refractivity contribution in [1.82, 2.24) is 4.98 Å². The molecule has 0 aliphatic rings. The molecule has 0 saturated heterocycles. The van der Waals surface area contributed by atoms with Crippen molar-refractivity contribution in [3.8, 4) is 10.4 Å². The van der Waals surface area contributed by atoms with Crippen molar-refractivity contribution >= 4 is 61.6 Å². The van der Waals surface area contributed by atoms with E-state index < -0.39 is 17.2 Å². The Morgan fingerprint density at radius 2 is 1.93 bits per heavy atom. The van der Waals surface area contributed by atoms with Gasteiger partial charge in [0, 0.05) is 11.8 Å². The molecule has 146 valence electrons. The van der Waals surface area contributed by atoms with Gasteiger partial charge in [-0.25, -0.2) is 9.78 Å². The summed E-state index contributed by atoms with van der Waals surface area (Å²) >= 11 is -0.870. The highest BCUT2D eigenvalue weighted by Crippen LogP contribution is 2.43. The summed E-state index contributed by atoms with van der Waals surface area (Å²) < 4.78 is 25.0. The third kappa shape index (κ3) is 4.12. The first kappa shape index (κ1) is 20.1. The summed E-state index contributed by atoms with van der Waals surface area (Å²) in [5, 5.41) is 12.6. The molecule has 0 spiro atoms. The van der Waals surface area contributed by atoms with E-state index in [9.17, 15) is 23.5 Å². The van der Waals surface area contributed by atoms with E-state index in [1.54, 1.807) is 6.92 Å². The summed E-state index contributed by atoms with van der Waals surface area (Å²) in [6.07, 6.45) is 0. The number of nitrogens with one attached hydrogen (secondary N) is 1. The van der Waals surface area contributed by atoms with Crippen molar-refractivity contribution < 1.29 is 23.5 Å². The molecule has 0 aliphatic heterocycles. The molecule has 0 fully saturated rings. The third-order valence-electron chi connectivity index (χ3n) is 3.57. The minimum atomic E-state index is -2.80. The van der Waals surface area contributed by atoms with Crippen LogP contribution in [0.5, 0.6) is 0 Å². The van der Waals surface area contributed by atoms with Crippen LogP contribution in [0.4, 0.5) is 15.8 Å². The minimum absolute atomic E-state index is 0.0193. The van der Waals surface area contributed by atoms with Crippen molar-refractivity contribution in [3.05, 3.63) is 47.0 Å². The molecule has 1 atom stereocenters. The molecule has 11 heteroatoms. The normalized spacial score (nSPS) is 11.8. The Morgan fingerprint density at radius 3 is 2.50 bits per heavy atom. The highest BCUT2D eigenvalue weighted by molar-refractivity contribution is 7.81.